The molecule has 3 rings (SSSR count). The summed E-state index contributed by atoms with van der Waals surface area (Å²) in [6, 6.07) is 7.69. The summed E-state index contributed by atoms with van der Waals surface area (Å²) in [7, 11) is 0. The van der Waals surface area contributed by atoms with E-state index in [0.29, 0.717) is 11.5 Å². The molecule has 2 aromatic rings. The highest BCUT2D eigenvalue weighted by atomic mass is 16.5. The Labute approximate surface area is 154 Å². The third-order valence-electron chi connectivity index (χ3n) is 4.28. The number of ether oxygens (including phenoxy) is 1. The number of hydrogen-bond acceptors (Lipinski definition) is 5. The second-order valence-corrected chi connectivity index (χ2v) is 6.78. The number of hydrogen-bond donors (Lipinski definition) is 1. The van der Waals surface area contributed by atoms with Gasteiger partial charge < -0.3 is 15.0 Å². The van der Waals surface area contributed by atoms with E-state index >= 15 is 0 Å². The molecule has 1 N–H and O–H groups in total. The molecule has 6 nitrogen and oxygen atoms in total. The molecule has 1 fully saturated rings. The van der Waals surface area contributed by atoms with Crippen molar-refractivity contribution in [3.63, 3.8) is 0 Å². The minimum Gasteiger partial charge on any atom is -0.489 e. The Morgan fingerprint density at radius 3 is 2.46 bits per heavy atom. The Hall–Kier alpha value is -2.63. The van der Waals surface area contributed by atoms with E-state index in [1.807, 2.05) is 43.0 Å². The van der Waals surface area contributed by atoms with E-state index in [9.17, 15) is 4.79 Å². The van der Waals surface area contributed by atoms with Crippen LogP contribution in [0.4, 0.5) is 11.5 Å². The van der Waals surface area contributed by atoms with Gasteiger partial charge >= 0.3 is 0 Å². The second kappa shape index (κ2) is 8.65. The summed E-state index contributed by atoms with van der Waals surface area (Å²) in [5.41, 5.74) is 1.21. The van der Waals surface area contributed by atoms with Crippen LogP contribution in [0.2, 0.25) is 0 Å². The Morgan fingerprint density at radius 1 is 1.08 bits per heavy atom. The minimum absolute atomic E-state index is 0.0329. The normalized spacial score (nSPS) is 14.8. The van der Waals surface area contributed by atoms with Crippen molar-refractivity contribution in [1.29, 1.82) is 0 Å². The van der Waals surface area contributed by atoms with Gasteiger partial charge in [-0.2, -0.15) is 0 Å². The van der Waals surface area contributed by atoms with Gasteiger partial charge in [-0.25, -0.2) is 9.97 Å². The Balaban J connectivity index is 1.69. The highest BCUT2D eigenvalue weighted by Gasteiger charge is 2.18. The number of nitrogens with one attached hydrogen (secondary N) is 1. The first kappa shape index (κ1) is 18.2. The molecule has 0 aliphatic carbocycles. The van der Waals surface area contributed by atoms with Crippen LogP contribution in [-0.2, 0) is 0 Å². The van der Waals surface area contributed by atoms with Gasteiger partial charge in [-0.3, -0.25) is 4.79 Å². The predicted molar refractivity (Wildman–Crippen MR) is 102 cm³/mol. The quantitative estimate of drug-likeness (QED) is 0.878. The second-order valence-electron chi connectivity index (χ2n) is 6.78. The zero-order chi connectivity index (χ0) is 18.4. The lowest BCUT2D eigenvalue weighted by atomic mass is 10.2. The Kier molecular flexibility index (Phi) is 6.04. The predicted octanol–water partition coefficient (Wildman–Crippen LogP) is 4.02. The van der Waals surface area contributed by atoms with Crippen molar-refractivity contribution in [3.05, 3.63) is 42.4 Å². The lowest BCUT2D eigenvalue weighted by molar-refractivity contribution is 0.0755. The van der Waals surface area contributed by atoms with Gasteiger partial charge in [0.05, 0.1) is 24.2 Å². The number of benzene rings is 1. The number of likely N-dealkylation sites (tertiary alicyclic amines) is 1. The van der Waals surface area contributed by atoms with Gasteiger partial charge in [0.15, 0.2) is 0 Å². The van der Waals surface area contributed by atoms with Crippen molar-refractivity contribution < 1.29 is 9.53 Å². The smallest absolute Gasteiger partial charge is 0.274 e. The molecule has 0 radical (unpaired) electrons. The maximum Gasteiger partial charge on any atom is 0.274 e. The average molecular weight is 354 g/mol. The summed E-state index contributed by atoms with van der Waals surface area (Å²) in [5, 5.41) is 3.21. The number of carbonyl (C=O) groups excluding carboxylic acids is 1. The van der Waals surface area contributed by atoms with Crippen LogP contribution in [0, 0.1) is 0 Å². The lowest BCUT2D eigenvalue weighted by Crippen LogP contribution is -2.32. The average Bonchev–Trinajstić information content (AvgIpc) is 2.92. The highest BCUT2D eigenvalue weighted by Crippen LogP contribution is 2.27. The molecule has 1 amide bonds. The summed E-state index contributed by atoms with van der Waals surface area (Å²) in [4.78, 5) is 23.1. The molecule has 0 atom stereocenters. The van der Waals surface area contributed by atoms with Crippen molar-refractivity contribution >= 4 is 17.4 Å². The molecule has 0 spiro atoms. The van der Waals surface area contributed by atoms with Crippen molar-refractivity contribution in [2.75, 3.05) is 18.4 Å². The fraction of sp³-hybridized carbons (Fsp3) is 0.450. The number of para-hydroxylation sites is 2. The molecule has 1 aromatic carbocycles. The van der Waals surface area contributed by atoms with Gasteiger partial charge in [-0.1, -0.05) is 25.0 Å². The van der Waals surface area contributed by atoms with Crippen LogP contribution in [0.15, 0.2) is 36.7 Å². The summed E-state index contributed by atoms with van der Waals surface area (Å²) in [5.74, 6) is 1.31. The SMILES string of the molecule is CC(C)Oc1ccccc1Nc1cnc(C(=O)N2CCCCCC2)cn1. The van der Waals surface area contributed by atoms with Crippen LogP contribution in [0.5, 0.6) is 5.75 Å². The van der Waals surface area contributed by atoms with E-state index in [0.717, 1.165) is 37.4 Å². The molecule has 6 heteroatoms. The molecule has 138 valence electrons. The summed E-state index contributed by atoms with van der Waals surface area (Å²) < 4.78 is 5.80. The lowest BCUT2D eigenvalue weighted by Gasteiger charge is -2.19. The first-order chi connectivity index (χ1) is 12.6. The third kappa shape index (κ3) is 4.71. The van der Waals surface area contributed by atoms with E-state index in [1.54, 1.807) is 12.4 Å². The number of nitrogens with zero attached hydrogens (tertiary/aromatic N) is 3. The van der Waals surface area contributed by atoms with E-state index < -0.39 is 0 Å². The van der Waals surface area contributed by atoms with Gasteiger partial charge in [0.25, 0.3) is 5.91 Å². The van der Waals surface area contributed by atoms with Gasteiger partial charge in [-0.15, -0.1) is 0 Å². The number of carbonyl (C=O) groups is 1. The number of anilines is 2. The first-order valence-electron chi connectivity index (χ1n) is 9.27. The van der Waals surface area contributed by atoms with Crippen LogP contribution < -0.4 is 10.1 Å². The van der Waals surface area contributed by atoms with Crippen LogP contribution in [0.1, 0.15) is 50.0 Å². The molecule has 0 bridgehead atoms. The maximum atomic E-state index is 12.6. The zero-order valence-corrected chi connectivity index (χ0v) is 15.4. The van der Waals surface area contributed by atoms with Gasteiger partial charge in [0, 0.05) is 13.1 Å². The molecular formula is C20H26N4O2. The zero-order valence-electron chi connectivity index (χ0n) is 15.4. The number of amides is 1. The first-order valence-corrected chi connectivity index (χ1v) is 9.27. The van der Waals surface area contributed by atoms with Gasteiger partial charge in [0.1, 0.15) is 17.3 Å². The van der Waals surface area contributed by atoms with E-state index in [2.05, 4.69) is 15.3 Å². The highest BCUT2D eigenvalue weighted by molar-refractivity contribution is 5.92. The summed E-state index contributed by atoms with van der Waals surface area (Å²) in [6.07, 6.45) is 7.72. The molecule has 1 aliphatic heterocycles. The van der Waals surface area contributed by atoms with Crippen LogP contribution >= 0.6 is 0 Å². The standard InChI is InChI=1S/C20H26N4O2/c1-15(2)26-18-10-6-5-9-16(18)23-19-14-21-17(13-22-19)20(25)24-11-7-3-4-8-12-24/h5-6,9-10,13-15H,3-4,7-8,11-12H2,1-2H3,(H,22,23). The Bertz CT molecular complexity index is 723. The number of rotatable bonds is 5. The van der Waals surface area contributed by atoms with Crippen LogP contribution in [0.3, 0.4) is 0 Å². The fourth-order valence-corrected chi connectivity index (χ4v) is 3.00. The molecular weight excluding hydrogens is 328 g/mol. The molecule has 1 saturated heterocycles. The van der Waals surface area contributed by atoms with Crippen molar-refractivity contribution in [2.24, 2.45) is 0 Å². The minimum atomic E-state index is -0.0329. The Morgan fingerprint density at radius 2 is 1.81 bits per heavy atom. The van der Waals surface area contributed by atoms with E-state index in [1.165, 1.54) is 12.8 Å². The molecule has 26 heavy (non-hydrogen) atoms. The molecule has 1 aromatic heterocycles. The summed E-state index contributed by atoms with van der Waals surface area (Å²) in [6.45, 7) is 5.58. The van der Waals surface area contributed by atoms with Crippen LogP contribution in [-0.4, -0.2) is 40.0 Å². The molecule has 1 aliphatic rings. The third-order valence-corrected chi connectivity index (χ3v) is 4.28. The molecule has 0 saturated carbocycles. The van der Waals surface area contributed by atoms with Gasteiger partial charge in [0.2, 0.25) is 0 Å². The van der Waals surface area contributed by atoms with Crippen molar-refractivity contribution in [1.82, 2.24) is 14.9 Å². The maximum absolute atomic E-state index is 12.6. The van der Waals surface area contributed by atoms with Gasteiger partial charge in [-0.05, 0) is 38.8 Å². The van der Waals surface area contributed by atoms with Crippen molar-refractivity contribution in [3.8, 4) is 5.75 Å². The van der Waals surface area contributed by atoms with E-state index in [4.69, 9.17) is 4.74 Å². The summed E-state index contributed by atoms with van der Waals surface area (Å²) >= 11 is 0. The number of aromatic nitrogens is 2. The molecule has 0 unspecified atom stereocenters. The topological polar surface area (TPSA) is 67.3 Å². The van der Waals surface area contributed by atoms with E-state index in [-0.39, 0.29) is 12.0 Å². The monoisotopic (exact) mass is 354 g/mol. The largest absolute Gasteiger partial charge is 0.489 e. The molecule has 2 heterocycles. The van der Waals surface area contributed by atoms with Crippen molar-refractivity contribution in [2.45, 2.75) is 45.6 Å². The fourth-order valence-electron chi connectivity index (χ4n) is 3.00. The van der Waals surface area contributed by atoms with Crippen LogP contribution in [0.25, 0.3) is 0 Å².